The summed E-state index contributed by atoms with van der Waals surface area (Å²) >= 11 is 0. The molecular formula is C10H11F3N2O2. The predicted molar refractivity (Wildman–Crippen MR) is 53.5 cm³/mol. The van der Waals surface area contributed by atoms with Crippen molar-refractivity contribution in [1.29, 1.82) is 0 Å². The van der Waals surface area contributed by atoms with Crippen molar-refractivity contribution in [2.75, 3.05) is 7.11 Å². The second kappa shape index (κ2) is 4.72. The van der Waals surface area contributed by atoms with Gasteiger partial charge in [-0.25, -0.2) is 5.84 Å². The molecular weight excluding hydrogens is 237 g/mol. The van der Waals surface area contributed by atoms with Crippen molar-refractivity contribution in [2.24, 2.45) is 5.84 Å². The quantitative estimate of drug-likeness (QED) is 0.478. The predicted octanol–water partition coefficient (Wildman–Crippen LogP) is 1.08. The van der Waals surface area contributed by atoms with Gasteiger partial charge >= 0.3 is 6.18 Å². The number of methoxy groups -OCH3 is 1. The van der Waals surface area contributed by atoms with Gasteiger partial charge in [-0.15, -0.1) is 0 Å². The number of carbonyl (C=O) groups is 1. The van der Waals surface area contributed by atoms with Gasteiger partial charge in [0.2, 0.25) is 0 Å². The summed E-state index contributed by atoms with van der Waals surface area (Å²) in [6.07, 6.45) is -4.92. The zero-order valence-corrected chi connectivity index (χ0v) is 8.91. The van der Waals surface area contributed by atoms with Crippen LogP contribution in [0.5, 0.6) is 0 Å². The lowest BCUT2D eigenvalue weighted by atomic mass is 9.92. The highest BCUT2D eigenvalue weighted by atomic mass is 19.4. The van der Waals surface area contributed by atoms with Crippen molar-refractivity contribution >= 4 is 5.91 Å². The SMILES string of the molecule is CO[C@@](C(=O)NN)(c1ccccc1)C(F)(F)F. The fourth-order valence-electron chi connectivity index (χ4n) is 1.52. The average Bonchev–Trinajstić information content (AvgIpc) is 2.30. The Kier molecular flexibility index (Phi) is 3.74. The number of amides is 1. The van der Waals surface area contributed by atoms with E-state index in [0.29, 0.717) is 0 Å². The highest BCUT2D eigenvalue weighted by Crippen LogP contribution is 2.41. The monoisotopic (exact) mass is 248 g/mol. The Morgan fingerprint density at radius 1 is 1.29 bits per heavy atom. The largest absolute Gasteiger partial charge is 0.431 e. The van der Waals surface area contributed by atoms with E-state index in [9.17, 15) is 18.0 Å². The maximum atomic E-state index is 13.1. The van der Waals surface area contributed by atoms with E-state index in [0.717, 1.165) is 19.2 Å². The molecule has 0 aliphatic heterocycles. The molecule has 17 heavy (non-hydrogen) atoms. The van der Waals surface area contributed by atoms with Crippen molar-refractivity contribution in [3.05, 3.63) is 35.9 Å². The molecule has 3 N–H and O–H groups in total. The fraction of sp³-hybridized carbons (Fsp3) is 0.300. The molecule has 94 valence electrons. The maximum absolute atomic E-state index is 13.1. The number of nitrogens with two attached hydrogens (primary N) is 1. The molecule has 1 atom stereocenters. The van der Waals surface area contributed by atoms with Gasteiger partial charge in [0, 0.05) is 12.7 Å². The van der Waals surface area contributed by atoms with E-state index in [-0.39, 0.29) is 5.56 Å². The van der Waals surface area contributed by atoms with Crippen LogP contribution in [0.2, 0.25) is 0 Å². The van der Waals surface area contributed by atoms with Crippen LogP contribution in [-0.4, -0.2) is 19.2 Å². The minimum absolute atomic E-state index is 0.335. The van der Waals surface area contributed by atoms with E-state index in [1.807, 2.05) is 0 Å². The van der Waals surface area contributed by atoms with Crippen molar-refractivity contribution in [1.82, 2.24) is 5.43 Å². The third-order valence-corrected chi connectivity index (χ3v) is 2.34. The summed E-state index contributed by atoms with van der Waals surface area (Å²) in [5.74, 6) is 3.31. The van der Waals surface area contributed by atoms with Gasteiger partial charge in [0.1, 0.15) is 0 Å². The molecule has 1 rings (SSSR count). The molecule has 0 aliphatic rings. The number of halogens is 3. The highest BCUT2D eigenvalue weighted by molar-refractivity contribution is 5.87. The Labute approximate surface area is 95.5 Å². The Morgan fingerprint density at radius 2 is 1.82 bits per heavy atom. The van der Waals surface area contributed by atoms with Crippen LogP contribution in [0.25, 0.3) is 0 Å². The number of carbonyl (C=O) groups excluding carboxylic acids is 1. The van der Waals surface area contributed by atoms with E-state index in [1.165, 1.54) is 23.6 Å². The molecule has 7 heteroatoms. The van der Waals surface area contributed by atoms with Crippen LogP contribution in [0, 0.1) is 0 Å². The molecule has 1 aromatic rings. The minimum atomic E-state index is -4.92. The second-order valence-corrected chi connectivity index (χ2v) is 3.22. The topological polar surface area (TPSA) is 64.3 Å². The van der Waals surface area contributed by atoms with Crippen molar-refractivity contribution < 1.29 is 22.7 Å². The zero-order chi connectivity index (χ0) is 13.1. The zero-order valence-electron chi connectivity index (χ0n) is 8.91. The van der Waals surface area contributed by atoms with Crippen LogP contribution < -0.4 is 11.3 Å². The van der Waals surface area contributed by atoms with Gasteiger partial charge < -0.3 is 4.74 Å². The van der Waals surface area contributed by atoms with Crippen LogP contribution >= 0.6 is 0 Å². The average molecular weight is 248 g/mol. The van der Waals surface area contributed by atoms with Gasteiger partial charge in [-0.2, -0.15) is 13.2 Å². The molecule has 0 spiro atoms. The summed E-state index contributed by atoms with van der Waals surface area (Å²) in [4.78, 5) is 11.4. The van der Waals surface area contributed by atoms with Crippen LogP contribution in [0.15, 0.2) is 30.3 Å². The normalized spacial score (nSPS) is 15.1. The first-order chi connectivity index (χ1) is 7.90. The molecule has 0 saturated heterocycles. The van der Waals surface area contributed by atoms with E-state index in [1.54, 1.807) is 0 Å². The number of ether oxygens (including phenoxy) is 1. The van der Waals surface area contributed by atoms with Gasteiger partial charge in [-0.3, -0.25) is 10.2 Å². The van der Waals surface area contributed by atoms with Crippen molar-refractivity contribution in [3.8, 4) is 0 Å². The molecule has 0 bridgehead atoms. The molecule has 0 radical (unpaired) electrons. The first-order valence-corrected chi connectivity index (χ1v) is 4.58. The Balaban J connectivity index is 3.43. The van der Waals surface area contributed by atoms with Crippen LogP contribution in [0.1, 0.15) is 5.56 Å². The van der Waals surface area contributed by atoms with E-state index in [2.05, 4.69) is 4.74 Å². The number of hydrogen-bond donors (Lipinski definition) is 2. The lowest BCUT2D eigenvalue weighted by Gasteiger charge is -2.32. The summed E-state index contributed by atoms with van der Waals surface area (Å²) in [5.41, 5.74) is -1.95. The molecule has 4 nitrogen and oxygen atoms in total. The minimum Gasteiger partial charge on any atom is -0.356 e. The summed E-state index contributed by atoms with van der Waals surface area (Å²) in [6, 6.07) is 6.57. The standard InChI is InChI=1S/C10H11F3N2O2/c1-17-9(8(16)15-14,10(11,12)13)7-5-3-2-4-6-7/h2-6H,14H2,1H3,(H,15,16)/t9-/m1/s1. The number of hydrazine groups is 1. The van der Waals surface area contributed by atoms with E-state index < -0.39 is 17.7 Å². The van der Waals surface area contributed by atoms with Crippen molar-refractivity contribution in [2.45, 2.75) is 11.8 Å². The third-order valence-electron chi connectivity index (χ3n) is 2.34. The molecule has 0 aromatic heterocycles. The third kappa shape index (κ3) is 2.11. The van der Waals surface area contributed by atoms with Gasteiger partial charge in [-0.1, -0.05) is 30.3 Å². The number of hydrogen-bond acceptors (Lipinski definition) is 3. The van der Waals surface area contributed by atoms with Gasteiger partial charge in [0.25, 0.3) is 11.5 Å². The van der Waals surface area contributed by atoms with E-state index >= 15 is 0 Å². The number of rotatable bonds is 3. The summed E-state index contributed by atoms with van der Waals surface area (Å²) in [6.45, 7) is 0. The molecule has 1 amide bonds. The first-order valence-electron chi connectivity index (χ1n) is 4.58. The highest BCUT2D eigenvalue weighted by Gasteiger charge is 2.62. The van der Waals surface area contributed by atoms with Crippen molar-refractivity contribution in [3.63, 3.8) is 0 Å². The molecule has 0 aliphatic carbocycles. The second-order valence-electron chi connectivity index (χ2n) is 3.22. The van der Waals surface area contributed by atoms with Crippen LogP contribution in [0.4, 0.5) is 13.2 Å². The van der Waals surface area contributed by atoms with Gasteiger partial charge in [-0.05, 0) is 0 Å². The molecule has 0 saturated carbocycles. The fourth-order valence-corrected chi connectivity index (χ4v) is 1.52. The number of alkyl halides is 3. The summed E-state index contributed by atoms with van der Waals surface area (Å²) < 4.78 is 43.6. The molecule has 0 fully saturated rings. The first kappa shape index (κ1) is 13.5. The Hall–Kier alpha value is -1.60. The number of nitrogens with one attached hydrogen (secondary N) is 1. The van der Waals surface area contributed by atoms with Gasteiger partial charge in [0.05, 0.1) is 0 Å². The van der Waals surface area contributed by atoms with E-state index in [4.69, 9.17) is 5.84 Å². The number of benzene rings is 1. The summed E-state index contributed by atoms with van der Waals surface area (Å²) in [7, 11) is 0.801. The maximum Gasteiger partial charge on any atom is 0.431 e. The lowest BCUT2D eigenvalue weighted by Crippen LogP contribution is -2.57. The van der Waals surface area contributed by atoms with Crippen LogP contribution in [0.3, 0.4) is 0 Å². The molecule has 1 aromatic carbocycles. The molecule has 0 unspecified atom stereocenters. The molecule has 0 heterocycles. The smallest absolute Gasteiger partial charge is 0.356 e. The lowest BCUT2D eigenvalue weighted by molar-refractivity contribution is -0.265. The summed E-state index contributed by atoms with van der Waals surface area (Å²) in [5, 5.41) is 0. The Bertz CT molecular complexity index is 394. The van der Waals surface area contributed by atoms with Crippen LogP contribution in [-0.2, 0) is 15.1 Å². The Morgan fingerprint density at radius 3 is 2.18 bits per heavy atom. The van der Waals surface area contributed by atoms with Gasteiger partial charge in [0.15, 0.2) is 0 Å².